The SMILES string of the molecule is COc1ccc(NCCC(=O)NCCN(C)C)cc1OC. The number of nitrogens with one attached hydrogen (secondary N) is 2. The van der Waals surface area contributed by atoms with Crippen molar-refractivity contribution in [3.63, 3.8) is 0 Å². The lowest BCUT2D eigenvalue weighted by atomic mass is 10.2. The number of methoxy groups -OCH3 is 2. The molecule has 0 aliphatic carbocycles. The van der Waals surface area contributed by atoms with E-state index in [0.29, 0.717) is 31.0 Å². The molecule has 0 saturated carbocycles. The van der Waals surface area contributed by atoms with Crippen LogP contribution >= 0.6 is 0 Å². The van der Waals surface area contributed by atoms with Crippen LogP contribution in [-0.2, 0) is 4.79 Å². The smallest absolute Gasteiger partial charge is 0.221 e. The Labute approximate surface area is 126 Å². The third-order valence-corrected chi connectivity index (χ3v) is 2.95. The van der Waals surface area contributed by atoms with Crippen LogP contribution in [0.1, 0.15) is 6.42 Å². The van der Waals surface area contributed by atoms with E-state index in [9.17, 15) is 4.79 Å². The van der Waals surface area contributed by atoms with Gasteiger partial charge >= 0.3 is 0 Å². The van der Waals surface area contributed by atoms with Gasteiger partial charge in [0.05, 0.1) is 14.2 Å². The highest BCUT2D eigenvalue weighted by Crippen LogP contribution is 2.29. The number of ether oxygens (including phenoxy) is 2. The van der Waals surface area contributed by atoms with Crippen LogP contribution in [0.3, 0.4) is 0 Å². The summed E-state index contributed by atoms with van der Waals surface area (Å²) in [6, 6.07) is 5.58. The van der Waals surface area contributed by atoms with Gasteiger partial charge in [-0.3, -0.25) is 4.79 Å². The molecule has 0 aromatic heterocycles. The van der Waals surface area contributed by atoms with Crippen LogP contribution in [0.2, 0.25) is 0 Å². The quantitative estimate of drug-likeness (QED) is 0.716. The molecule has 0 aliphatic heterocycles. The molecule has 6 heteroatoms. The highest BCUT2D eigenvalue weighted by molar-refractivity contribution is 5.76. The predicted molar refractivity (Wildman–Crippen MR) is 84.2 cm³/mol. The second-order valence-corrected chi connectivity index (χ2v) is 4.90. The van der Waals surface area contributed by atoms with Crippen molar-refractivity contribution in [1.29, 1.82) is 0 Å². The first kappa shape index (κ1) is 17.1. The maximum Gasteiger partial charge on any atom is 0.221 e. The number of hydrogen-bond donors (Lipinski definition) is 2. The largest absolute Gasteiger partial charge is 0.493 e. The summed E-state index contributed by atoms with van der Waals surface area (Å²) in [5, 5.41) is 6.07. The fourth-order valence-corrected chi connectivity index (χ4v) is 1.77. The molecule has 6 nitrogen and oxygen atoms in total. The molecule has 0 aliphatic rings. The molecule has 0 unspecified atom stereocenters. The minimum Gasteiger partial charge on any atom is -0.493 e. The van der Waals surface area contributed by atoms with Crippen molar-refractivity contribution >= 4 is 11.6 Å². The predicted octanol–water partition coefficient (Wildman–Crippen LogP) is 1.18. The van der Waals surface area contributed by atoms with Crippen molar-refractivity contribution in [2.75, 3.05) is 53.3 Å². The molecule has 0 spiro atoms. The van der Waals surface area contributed by atoms with Crippen LogP contribution in [0.5, 0.6) is 11.5 Å². The molecular weight excluding hydrogens is 270 g/mol. The normalized spacial score (nSPS) is 10.3. The Morgan fingerprint density at radius 1 is 1.14 bits per heavy atom. The minimum atomic E-state index is 0.0461. The molecule has 2 N–H and O–H groups in total. The summed E-state index contributed by atoms with van der Waals surface area (Å²) in [5.41, 5.74) is 0.897. The minimum absolute atomic E-state index is 0.0461. The molecule has 1 amide bonds. The Kier molecular flexibility index (Phi) is 7.39. The Bertz CT molecular complexity index is 450. The van der Waals surface area contributed by atoms with Gasteiger partial charge < -0.3 is 25.0 Å². The van der Waals surface area contributed by atoms with Gasteiger partial charge in [-0.2, -0.15) is 0 Å². The Morgan fingerprint density at radius 2 is 1.86 bits per heavy atom. The highest BCUT2D eigenvalue weighted by atomic mass is 16.5. The zero-order chi connectivity index (χ0) is 15.7. The average Bonchev–Trinajstić information content (AvgIpc) is 2.46. The lowest BCUT2D eigenvalue weighted by Gasteiger charge is -2.12. The van der Waals surface area contributed by atoms with Crippen LogP contribution < -0.4 is 20.1 Å². The molecule has 0 radical (unpaired) electrons. The number of anilines is 1. The summed E-state index contributed by atoms with van der Waals surface area (Å²) in [7, 11) is 7.15. The van der Waals surface area contributed by atoms with Crippen molar-refractivity contribution in [3.8, 4) is 11.5 Å². The number of hydrogen-bond acceptors (Lipinski definition) is 5. The first-order chi connectivity index (χ1) is 10.1. The van der Waals surface area contributed by atoms with Gasteiger partial charge in [0.1, 0.15) is 0 Å². The first-order valence-corrected chi connectivity index (χ1v) is 6.94. The third-order valence-electron chi connectivity index (χ3n) is 2.95. The van der Waals surface area contributed by atoms with E-state index in [1.165, 1.54) is 0 Å². The van der Waals surface area contributed by atoms with Crippen LogP contribution in [0, 0.1) is 0 Å². The van der Waals surface area contributed by atoms with E-state index < -0.39 is 0 Å². The topological polar surface area (TPSA) is 62.8 Å². The number of rotatable bonds is 9. The third kappa shape index (κ3) is 6.35. The molecule has 0 bridgehead atoms. The molecule has 0 saturated heterocycles. The van der Waals surface area contributed by atoms with Crippen molar-refractivity contribution in [2.24, 2.45) is 0 Å². The van der Waals surface area contributed by atoms with Gasteiger partial charge in [-0.25, -0.2) is 0 Å². The maximum absolute atomic E-state index is 11.6. The Hall–Kier alpha value is -1.95. The molecule has 1 aromatic rings. The lowest BCUT2D eigenvalue weighted by Crippen LogP contribution is -2.32. The molecular formula is C15H25N3O3. The number of benzene rings is 1. The highest BCUT2D eigenvalue weighted by Gasteiger charge is 2.05. The van der Waals surface area contributed by atoms with Crippen molar-refractivity contribution in [3.05, 3.63) is 18.2 Å². The summed E-state index contributed by atoms with van der Waals surface area (Å²) >= 11 is 0. The van der Waals surface area contributed by atoms with E-state index in [4.69, 9.17) is 9.47 Å². The van der Waals surface area contributed by atoms with Gasteiger partial charge in [-0.05, 0) is 26.2 Å². The van der Waals surface area contributed by atoms with Crippen molar-refractivity contribution in [2.45, 2.75) is 6.42 Å². The number of carbonyl (C=O) groups is 1. The fourth-order valence-electron chi connectivity index (χ4n) is 1.77. The van der Waals surface area contributed by atoms with Gasteiger partial charge in [0, 0.05) is 37.8 Å². The van der Waals surface area contributed by atoms with E-state index in [0.717, 1.165) is 12.2 Å². The van der Waals surface area contributed by atoms with E-state index in [1.54, 1.807) is 14.2 Å². The summed E-state index contributed by atoms with van der Waals surface area (Å²) in [6.07, 6.45) is 0.432. The lowest BCUT2D eigenvalue weighted by molar-refractivity contribution is -0.120. The van der Waals surface area contributed by atoms with Gasteiger partial charge in [0.15, 0.2) is 11.5 Å². The molecule has 0 heterocycles. The monoisotopic (exact) mass is 295 g/mol. The number of carbonyl (C=O) groups excluding carboxylic acids is 1. The zero-order valence-electron chi connectivity index (χ0n) is 13.2. The molecule has 1 aromatic carbocycles. The van der Waals surface area contributed by atoms with Crippen LogP contribution in [0.4, 0.5) is 5.69 Å². The standard InChI is InChI=1S/C15H25N3O3/c1-18(2)10-9-17-15(19)7-8-16-12-5-6-13(20-3)14(11-12)21-4/h5-6,11,16H,7-10H2,1-4H3,(H,17,19). The zero-order valence-corrected chi connectivity index (χ0v) is 13.2. The van der Waals surface area contributed by atoms with Crippen LogP contribution in [0.25, 0.3) is 0 Å². The number of nitrogens with zero attached hydrogens (tertiary/aromatic N) is 1. The van der Waals surface area contributed by atoms with E-state index in [-0.39, 0.29) is 5.91 Å². The first-order valence-electron chi connectivity index (χ1n) is 6.94. The van der Waals surface area contributed by atoms with E-state index in [1.807, 2.05) is 37.2 Å². The summed E-state index contributed by atoms with van der Waals surface area (Å²) < 4.78 is 10.4. The molecule has 1 rings (SSSR count). The van der Waals surface area contributed by atoms with Crippen LogP contribution in [0.15, 0.2) is 18.2 Å². The van der Waals surface area contributed by atoms with Gasteiger partial charge in [-0.1, -0.05) is 0 Å². The number of amides is 1. The van der Waals surface area contributed by atoms with Gasteiger partial charge in [-0.15, -0.1) is 0 Å². The Balaban J connectivity index is 2.33. The molecule has 21 heavy (non-hydrogen) atoms. The van der Waals surface area contributed by atoms with Crippen molar-refractivity contribution in [1.82, 2.24) is 10.2 Å². The fraction of sp³-hybridized carbons (Fsp3) is 0.533. The summed E-state index contributed by atoms with van der Waals surface area (Å²) in [4.78, 5) is 13.7. The van der Waals surface area contributed by atoms with E-state index >= 15 is 0 Å². The van der Waals surface area contributed by atoms with Gasteiger partial charge in [0.2, 0.25) is 5.91 Å². The van der Waals surface area contributed by atoms with Crippen molar-refractivity contribution < 1.29 is 14.3 Å². The summed E-state index contributed by atoms with van der Waals surface area (Å²) in [5.74, 6) is 1.40. The molecule has 118 valence electrons. The second kappa shape index (κ2) is 9.07. The molecule has 0 fully saturated rings. The molecule has 0 atom stereocenters. The summed E-state index contributed by atoms with van der Waals surface area (Å²) in [6.45, 7) is 2.08. The van der Waals surface area contributed by atoms with E-state index in [2.05, 4.69) is 10.6 Å². The Morgan fingerprint density at radius 3 is 2.48 bits per heavy atom. The second-order valence-electron chi connectivity index (χ2n) is 4.90. The number of likely N-dealkylation sites (N-methyl/N-ethyl adjacent to an activating group) is 1. The van der Waals surface area contributed by atoms with Gasteiger partial charge in [0.25, 0.3) is 0 Å². The maximum atomic E-state index is 11.6. The van der Waals surface area contributed by atoms with Crippen LogP contribution in [-0.4, -0.2) is 58.8 Å². The average molecular weight is 295 g/mol.